The van der Waals surface area contributed by atoms with Gasteiger partial charge in [-0.2, -0.15) is 0 Å². The molecule has 4 aromatic carbocycles. The molecule has 0 fully saturated rings. The number of H-pyrrole nitrogens is 4. The van der Waals surface area contributed by atoms with Crippen LogP contribution in [0.25, 0.3) is 0 Å². The van der Waals surface area contributed by atoms with Gasteiger partial charge in [-0.05, 0) is 170 Å². The number of aryl methyl sites for hydroxylation is 4. The van der Waals surface area contributed by atoms with Crippen molar-refractivity contribution in [1.29, 1.82) is 0 Å². The van der Waals surface area contributed by atoms with Gasteiger partial charge >= 0.3 is 35.3 Å². The molecule has 0 amide bonds. The van der Waals surface area contributed by atoms with Crippen molar-refractivity contribution in [1.82, 2.24) is 19.9 Å². The Bertz CT molecular complexity index is 3180. The van der Waals surface area contributed by atoms with E-state index in [9.17, 15) is 28.8 Å². The number of esters is 3. The fourth-order valence-electron chi connectivity index (χ4n) is 6.70. The Morgan fingerprint density at radius 3 is 1.15 bits per heavy atom. The Morgan fingerprint density at radius 1 is 0.464 bits per heavy atom. The highest BCUT2D eigenvalue weighted by Crippen LogP contribution is 2.18. The minimum absolute atomic E-state index is 0.0425. The predicted octanol–water partition coefficient (Wildman–Crippen LogP) is 17.4. The van der Waals surface area contributed by atoms with Crippen LogP contribution >= 0.6 is 129 Å². The molecule has 84 heavy (non-hydrogen) atoms. The maximum Gasteiger partial charge on any atom is 0.643 e. The molecule has 4 aromatic heterocycles. The molecule has 0 saturated heterocycles. The smallest absolute Gasteiger partial charge is 0.477 e. The zero-order valence-corrected chi connectivity index (χ0v) is 57.5. The first-order valence-electron chi connectivity index (χ1n) is 25.3. The summed E-state index contributed by atoms with van der Waals surface area (Å²) in [7, 11) is 14.8. The molecular weight excluding hydrogens is 1480 g/mol. The first-order valence-corrected chi connectivity index (χ1v) is 35.1. The van der Waals surface area contributed by atoms with Crippen molar-refractivity contribution in [3.05, 3.63) is 232 Å². The number of aromatic carboxylic acids is 1. The number of carboxylic acids is 1. The molecule has 8 rings (SSSR count). The van der Waals surface area contributed by atoms with Crippen molar-refractivity contribution in [2.45, 2.75) is 59.3 Å². The summed E-state index contributed by atoms with van der Waals surface area (Å²) >= 11 is 26.5. The molecular formula is C59H59AlBr4Cl6N4O10. The Morgan fingerprint density at radius 2 is 0.798 bits per heavy atom. The zero-order valence-electron chi connectivity index (χ0n) is 45.5. The maximum absolute atomic E-state index is 12.1. The number of aromatic amines is 4. The van der Waals surface area contributed by atoms with Crippen LogP contribution in [0.3, 0.4) is 0 Å². The number of carbonyl (C=O) groups excluding carboxylic acids is 5. The lowest BCUT2D eigenvalue weighted by atomic mass is 10.1. The molecule has 0 unspecified atom stereocenters. The van der Waals surface area contributed by atoms with Crippen molar-refractivity contribution in [2.75, 3.05) is 25.2 Å². The molecule has 0 bridgehead atoms. The highest BCUT2D eigenvalue weighted by atomic mass is 79.9. The Labute approximate surface area is 553 Å². The van der Waals surface area contributed by atoms with Crippen LogP contribution in [0, 0.1) is 0 Å². The molecule has 0 saturated carbocycles. The lowest BCUT2D eigenvalue weighted by Gasteiger charge is -2.00. The monoisotopic (exact) mass is 1540 g/mol. The minimum atomic E-state index is -1.72. The second-order valence-corrected chi connectivity index (χ2v) is 28.0. The average molecular weight is 1540 g/mol. The van der Waals surface area contributed by atoms with Gasteiger partial charge in [-0.25, -0.2) is 49.3 Å². The summed E-state index contributed by atoms with van der Waals surface area (Å²) in [5, 5.41) is 8.65. The number of Topliss-reactive ketones (excluding diaryl/α,β-unsaturated/α-hetero) is 1. The molecule has 0 radical (unpaired) electrons. The van der Waals surface area contributed by atoms with Crippen LogP contribution in [0.1, 0.15) is 106 Å². The summed E-state index contributed by atoms with van der Waals surface area (Å²) in [5.74, 6) is -2.00. The number of aromatic nitrogens is 4. The van der Waals surface area contributed by atoms with Gasteiger partial charge in [0, 0.05) is 61.1 Å². The lowest BCUT2D eigenvalue weighted by molar-refractivity contribution is -0.111. The molecule has 5 N–H and O–H groups in total. The van der Waals surface area contributed by atoms with E-state index in [4.69, 9.17) is 84.3 Å². The standard InChI is InChI=1S/C15H14BrNO3.C15H16BrNO2.C13H12BrNO2.C8H6BrClO.C7H9NO2.CH2Cl2.Al.3ClH/c1-2-20-15(19)13-8-11(9-17-13)14(18)7-10-3-5-12(16)6-4-10;1-2-19-15(18)14-9-12(10-17-14)4-3-11-5-7-13(16)8-6-11;14-11-5-3-9(4-6-11)1-2-10-7-12(13(16)17)15-8-10;9-7-3-1-6(2-4-7)5-8(10)11;1-2-10-7(9)6-4-3-5-8-6;2-1-3;;;;/h3-6,8-9,17H,2,7H2,1H3;5-10,17H,2-4H2,1H3;3-8,15H,1-2H2,(H,16,17);1-4H,5H2;3-5,8H,2H2,1H3;1H2;;3*1H/q;;;;;;+3;;;/p-3. The number of ether oxygens (including phenoxy) is 3. The van der Waals surface area contributed by atoms with Crippen molar-refractivity contribution < 1.29 is 48.1 Å². The molecule has 0 spiro atoms. The molecule has 0 atom stereocenters. The third-order valence-corrected chi connectivity index (χ3v) is 12.8. The second-order valence-electron chi connectivity index (χ2n) is 16.7. The van der Waals surface area contributed by atoms with Crippen LogP contribution in [-0.4, -0.2) is 96.5 Å². The summed E-state index contributed by atoms with van der Waals surface area (Å²) in [5.41, 5.74) is 8.57. The van der Waals surface area contributed by atoms with E-state index in [0.29, 0.717) is 55.3 Å². The van der Waals surface area contributed by atoms with Crippen molar-refractivity contribution in [3.8, 4) is 0 Å². The van der Waals surface area contributed by atoms with Gasteiger partial charge < -0.3 is 39.3 Å². The predicted molar refractivity (Wildman–Crippen MR) is 352 cm³/mol. The number of carbonyl (C=O) groups is 6. The van der Waals surface area contributed by atoms with E-state index >= 15 is 0 Å². The highest BCUT2D eigenvalue weighted by molar-refractivity contribution is 9.11. The summed E-state index contributed by atoms with van der Waals surface area (Å²) < 4.78 is 18.7. The molecule has 25 heteroatoms. The van der Waals surface area contributed by atoms with E-state index < -0.39 is 23.3 Å². The Kier molecular flexibility index (Phi) is 39.5. The third-order valence-electron chi connectivity index (χ3n) is 10.6. The van der Waals surface area contributed by atoms with Gasteiger partial charge in [0.05, 0.1) is 25.2 Å². The van der Waals surface area contributed by atoms with E-state index in [1.165, 1.54) is 23.4 Å². The number of carboxylic acid groups (broad SMARTS) is 1. The summed E-state index contributed by atoms with van der Waals surface area (Å²) in [4.78, 5) is 78.3. The number of halogens is 10. The zero-order chi connectivity index (χ0) is 62.4. The SMILES string of the molecule is CCOC(=O)c1cc(C(=O)Cc2ccc(Br)cc2)c[nH]1.CCOC(=O)c1cc(CCc2ccc(Br)cc2)c[nH]1.CCOC(=O)c1ccc[nH]1.ClCCl.O=C(Cl)Cc1ccc(Br)cc1.O=C(O)c1cc(CCc2ccc(Br)cc2)c[nH]1.[Cl][Al]([Cl])[Cl]. The second kappa shape index (κ2) is 43.9. The van der Waals surface area contributed by atoms with Crippen LogP contribution in [0.2, 0.25) is 0 Å². The molecule has 0 aliphatic carbocycles. The van der Waals surface area contributed by atoms with E-state index in [-0.39, 0.29) is 34.0 Å². The van der Waals surface area contributed by atoms with Gasteiger partial charge in [-0.1, -0.05) is 112 Å². The van der Waals surface area contributed by atoms with Gasteiger partial charge in [-0.15, -0.1) is 23.2 Å². The number of benzene rings is 4. The number of hydrogen-bond acceptors (Lipinski definition) is 9. The average Bonchev–Trinajstić information content (AvgIpc) is 4.41. The number of ketones is 1. The Hall–Kier alpha value is -4.59. The molecule has 14 nitrogen and oxygen atoms in total. The number of nitrogens with one attached hydrogen (secondary N) is 4. The van der Waals surface area contributed by atoms with E-state index in [0.717, 1.165) is 65.8 Å². The van der Waals surface area contributed by atoms with Crippen molar-refractivity contribution >= 4 is 175 Å². The fourth-order valence-corrected chi connectivity index (χ4v) is 7.91. The van der Waals surface area contributed by atoms with Crippen molar-refractivity contribution in [3.63, 3.8) is 0 Å². The van der Waals surface area contributed by atoms with Crippen LogP contribution in [0.4, 0.5) is 0 Å². The van der Waals surface area contributed by atoms with Gasteiger partial charge in [0.25, 0.3) is 0 Å². The fraction of sp³-hybridized carbons (Fsp3) is 0.220. The maximum atomic E-state index is 12.1. The number of hydrogen-bond donors (Lipinski definition) is 5. The topological polar surface area (TPSA) is 213 Å². The summed E-state index contributed by atoms with van der Waals surface area (Å²) in [6, 6.07) is 40.0. The van der Waals surface area contributed by atoms with Gasteiger partial charge in [0.15, 0.2) is 5.78 Å². The summed E-state index contributed by atoms with van der Waals surface area (Å²) in [6.45, 7) is 6.43. The molecule has 0 aliphatic rings. The third kappa shape index (κ3) is 33.4. The normalized spacial score (nSPS) is 9.82. The summed E-state index contributed by atoms with van der Waals surface area (Å²) in [6.07, 6.45) is 11.0. The molecule has 448 valence electrons. The van der Waals surface area contributed by atoms with Crippen LogP contribution in [0.15, 0.2) is 170 Å². The minimum Gasteiger partial charge on any atom is -0.477 e. The lowest BCUT2D eigenvalue weighted by Crippen LogP contribution is -2.05. The first kappa shape index (κ1) is 75.5. The van der Waals surface area contributed by atoms with E-state index in [1.807, 2.05) is 85.1 Å². The van der Waals surface area contributed by atoms with Gasteiger partial charge in [0.2, 0.25) is 5.24 Å². The van der Waals surface area contributed by atoms with Gasteiger partial charge in [-0.3, -0.25) is 9.59 Å². The van der Waals surface area contributed by atoms with Crippen molar-refractivity contribution in [2.24, 2.45) is 0 Å². The highest BCUT2D eigenvalue weighted by Gasteiger charge is 2.15. The Balaban J connectivity index is 0.000000355. The van der Waals surface area contributed by atoms with Crippen LogP contribution in [0.5, 0.6) is 0 Å². The molecule has 0 aliphatic heterocycles. The quantitative estimate of drug-likeness (QED) is 0.0137. The van der Waals surface area contributed by atoms with Gasteiger partial charge in [0.1, 0.15) is 22.8 Å². The van der Waals surface area contributed by atoms with Crippen LogP contribution in [-0.2, 0) is 57.5 Å². The van der Waals surface area contributed by atoms with Crippen LogP contribution < -0.4 is 0 Å². The van der Waals surface area contributed by atoms with E-state index in [1.54, 1.807) is 51.4 Å². The first-order chi connectivity index (χ1) is 40.1. The largest absolute Gasteiger partial charge is 0.643 e. The number of alkyl halides is 2. The molecule has 8 aromatic rings. The van der Waals surface area contributed by atoms with E-state index in [2.05, 4.69) is 108 Å². The molecule has 4 heterocycles. The number of rotatable bonds is 18.